The molecule has 0 saturated heterocycles. The van der Waals surface area contributed by atoms with E-state index in [9.17, 15) is 14.4 Å². The molecule has 1 heterocycles. The van der Waals surface area contributed by atoms with Gasteiger partial charge in [0.15, 0.2) is 11.6 Å². The topological polar surface area (TPSA) is 64.1 Å². The highest BCUT2D eigenvalue weighted by molar-refractivity contribution is 6.42. The number of hydrogen-bond acceptors (Lipinski definition) is 4. The van der Waals surface area contributed by atoms with Gasteiger partial charge >= 0.3 is 0 Å². The molecule has 4 heteroatoms. The number of Topliss-reactive ketones (excluding diaryl/α,β-unsaturated/α-hetero) is 3. The van der Waals surface area contributed by atoms with Gasteiger partial charge in [0.25, 0.3) is 0 Å². The lowest BCUT2D eigenvalue weighted by Crippen LogP contribution is -2.34. The molecule has 0 spiro atoms. The van der Waals surface area contributed by atoms with Crippen LogP contribution in [0.1, 0.15) is 29.8 Å². The number of aromatic nitrogens is 1. The first-order valence-electron chi connectivity index (χ1n) is 5.22. The van der Waals surface area contributed by atoms with Gasteiger partial charge in [-0.1, -0.05) is 6.07 Å². The summed E-state index contributed by atoms with van der Waals surface area (Å²) in [7, 11) is 0. The van der Waals surface area contributed by atoms with Gasteiger partial charge in [0.05, 0.1) is 5.92 Å². The van der Waals surface area contributed by atoms with E-state index in [4.69, 9.17) is 0 Å². The molecule has 0 bridgehead atoms. The Morgan fingerprint density at radius 1 is 1.31 bits per heavy atom. The van der Waals surface area contributed by atoms with E-state index < -0.39 is 17.5 Å². The van der Waals surface area contributed by atoms with Gasteiger partial charge in [0.1, 0.15) is 5.69 Å². The summed E-state index contributed by atoms with van der Waals surface area (Å²) in [6, 6.07) is 4.95. The molecule has 0 N–H and O–H groups in total. The minimum Gasteiger partial charge on any atom is -0.292 e. The Morgan fingerprint density at radius 2 is 2.12 bits per heavy atom. The molecule has 1 unspecified atom stereocenters. The first-order valence-corrected chi connectivity index (χ1v) is 5.22. The van der Waals surface area contributed by atoms with Gasteiger partial charge in [-0.3, -0.25) is 19.4 Å². The molecular formula is C12H11NO3. The zero-order chi connectivity index (χ0) is 11.5. The third-order valence-electron chi connectivity index (χ3n) is 2.72. The minimum absolute atomic E-state index is 0.260. The van der Waals surface area contributed by atoms with Crippen LogP contribution in [0.5, 0.6) is 0 Å². The summed E-state index contributed by atoms with van der Waals surface area (Å²) in [5.41, 5.74) is 0.260. The quantitative estimate of drug-likeness (QED) is 0.424. The van der Waals surface area contributed by atoms with Crippen LogP contribution in [0.4, 0.5) is 0 Å². The van der Waals surface area contributed by atoms with Crippen molar-refractivity contribution in [2.75, 3.05) is 0 Å². The van der Waals surface area contributed by atoms with E-state index in [-0.39, 0.29) is 17.9 Å². The smallest absolute Gasteiger partial charge is 0.209 e. The summed E-state index contributed by atoms with van der Waals surface area (Å²) in [5.74, 6) is -2.13. The van der Waals surface area contributed by atoms with Gasteiger partial charge in [-0.25, -0.2) is 0 Å². The number of carbonyl (C=O) groups is 3. The maximum atomic E-state index is 11.9. The van der Waals surface area contributed by atoms with Crippen LogP contribution in [-0.2, 0) is 9.59 Å². The van der Waals surface area contributed by atoms with E-state index in [2.05, 4.69) is 4.98 Å². The fraction of sp³-hybridized carbons (Fsp3) is 0.333. The Morgan fingerprint density at radius 3 is 2.81 bits per heavy atom. The van der Waals surface area contributed by atoms with Gasteiger partial charge in [-0.05, 0) is 25.0 Å². The van der Waals surface area contributed by atoms with Crippen LogP contribution in [0.3, 0.4) is 0 Å². The van der Waals surface area contributed by atoms with Gasteiger partial charge < -0.3 is 0 Å². The zero-order valence-corrected chi connectivity index (χ0v) is 8.68. The van der Waals surface area contributed by atoms with Crippen molar-refractivity contribution in [2.24, 2.45) is 5.92 Å². The average Bonchev–Trinajstić information content (AvgIpc) is 2.33. The highest BCUT2D eigenvalue weighted by Crippen LogP contribution is 2.21. The number of rotatable bonds is 2. The molecule has 1 aromatic rings. The van der Waals surface area contributed by atoms with Crippen molar-refractivity contribution < 1.29 is 14.4 Å². The number of nitrogens with zero attached hydrogens (tertiary/aromatic N) is 1. The Bertz CT molecular complexity index is 439. The fourth-order valence-corrected chi connectivity index (χ4v) is 1.85. The van der Waals surface area contributed by atoms with Gasteiger partial charge in [-0.15, -0.1) is 0 Å². The molecule has 16 heavy (non-hydrogen) atoms. The largest absolute Gasteiger partial charge is 0.292 e. The summed E-state index contributed by atoms with van der Waals surface area (Å²) in [4.78, 5) is 38.6. The molecule has 1 saturated carbocycles. The van der Waals surface area contributed by atoms with Crippen LogP contribution in [0, 0.1) is 5.92 Å². The second-order valence-corrected chi connectivity index (χ2v) is 3.81. The SMILES string of the molecule is O=C1CCCC(C(=O)c2ccccn2)C1=O. The van der Waals surface area contributed by atoms with Crippen LogP contribution in [0.15, 0.2) is 24.4 Å². The van der Waals surface area contributed by atoms with E-state index in [1.54, 1.807) is 18.2 Å². The molecule has 1 atom stereocenters. The normalized spacial score (nSPS) is 20.9. The van der Waals surface area contributed by atoms with E-state index >= 15 is 0 Å². The van der Waals surface area contributed by atoms with Crippen LogP contribution in [0.2, 0.25) is 0 Å². The van der Waals surface area contributed by atoms with E-state index in [1.807, 2.05) is 0 Å². The summed E-state index contributed by atoms with van der Waals surface area (Å²) in [5, 5.41) is 0. The third kappa shape index (κ3) is 1.91. The summed E-state index contributed by atoms with van der Waals surface area (Å²) in [6.07, 6.45) is 2.83. The van der Waals surface area contributed by atoms with Crippen molar-refractivity contribution in [3.63, 3.8) is 0 Å². The monoisotopic (exact) mass is 217 g/mol. The van der Waals surface area contributed by atoms with Crippen molar-refractivity contribution in [3.05, 3.63) is 30.1 Å². The number of ketones is 3. The van der Waals surface area contributed by atoms with Crippen molar-refractivity contribution in [2.45, 2.75) is 19.3 Å². The Hall–Kier alpha value is -1.84. The molecule has 82 valence electrons. The Balaban J connectivity index is 2.22. The highest BCUT2D eigenvalue weighted by Gasteiger charge is 2.35. The average molecular weight is 217 g/mol. The van der Waals surface area contributed by atoms with Gasteiger partial charge in [0, 0.05) is 12.6 Å². The molecule has 0 aromatic carbocycles. The summed E-state index contributed by atoms with van der Waals surface area (Å²) in [6.45, 7) is 0. The first kappa shape index (κ1) is 10.7. The molecule has 4 nitrogen and oxygen atoms in total. The summed E-state index contributed by atoms with van der Waals surface area (Å²) < 4.78 is 0. The maximum Gasteiger partial charge on any atom is 0.209 e. The van der Waals surface area contributed by atoms with Crippen molar-refractivity contribution in [3.8, 4) is 0 Å². The van der Waals surface area contributed by atoms with Crippen LogP contribution in [-0.4, -0.2) is 22.3 Å². The number of pyridine rings is 1. The van der Waals surface area contributed by atoms with Gasteiger partial charge in [0.2, 0.25) is 5.78 Å². The molecule has 2 rings (SSSR count). The first-order chi connectivity index (χ1) is 7.70. The second kappa shape index (κ2) is 4.35. The molecule has 1 fully saturated rings. The van der Waals surface area contributed by atoms with Crippen molar-refractivity contribution in [1.82, 2.24) is 4.98 Å². The zero-order valence-electron chi connectivity index (χ0n) is 8.68. The molecule has 1 aliphatic carbocycles. The molecule has 0 aliphatic heterocycles. The predicted octanol–water partition coefficient (Wildman–Crippen LogP) is 1.20. The highest BCUT2D eigenvalue weighted by atomic mass is 16.2. The van der Waals surface area contributed by atoms with E-state index in [1.165, 1.54) is 6.20 Å². The molecule has 0 radical (unpaired) electrons. The Kier molecular flexibility index (Phi) is 2.90. The predicted molar refractivity (Wildman–Crippen MR) is 55.9 cm³/mol. The molecule has 1 aliphatic rings. The van der Waals surface area contributed by atoms with Crippen LogP contribution in [0.25, 0.3) is 0 Å². The fourth-order valence-electron chi connectivity index (χ4n) is 1.85. The van der Waals surface area contributed by atoms with Crippen molar-refractivity contribution >= 4 is 17.3 Å². The maximum absolute atomic E-state index is 11.9. The minimum atomic E-state index is -0.809. The van der Waals surface area contributed by atoms with E-state index in [0.717, 1.165) is 0 Å². The molecule has 0 amide bonds. The van der Waals surface area contributed by atoms with Crippen LogP contribution >= 0.6 is 0 Å². The Labute approximate surface area is 92.7 Å². The van der Waals surface area contributed by atoms with Gasteiger partial charge in [-0.2, -0.15) is 0 Å². The standard InChI is InChI=1S/C12H11NO3/c14-10-6-3-4-8(12(10)16)11(15)9-5-1-2-7-13-9/h1-2,5,7-8H,3-4,6H2. The second-order valence-electron chi connectivity index (χ2n) is 3.81. The third-order valence-corrected chi connectivity index (χ3v) is 2.72. The molecule has 1 aromatic heterocycles. The lowest BCUT2D eigenvalue weighted by atomic mass is 9.83. The summed E-state index contributed by atoms with van der Waals surface area (Å²) >= 11 is 0. The number of carbonyl (C=O) groups excluding carboxylic acids is 3. The molecular weight excluding hydrogens is 206 g/mol. The van der Waals surface area contributed by atoms with Crippen LogP contribution < -0.4 is 0 Å². The lowest BCUT2D eigenvalue weighted by Gasteiger charge is -2.17. The number of hydrogen-bond donors (Lipinski definition) is 0. The lowest BCUT2D eigenvalue weighted by molar-refractivity contribution is -0.139. The van der Waals surface area contributed by atoms with E-state index in [0.29, 0.717) is 12.8 Å². The van der Waals surface area contributed by atoms with Crippen molar-refractivity contribution in [1.29, 1.82) is 0 Å².